The van der Waals surface area contributed by atoms with Gasteiger partial charge in [-0.3, -0.25) is 9.59 Å². The van der Waals surface area contributed by atoms with Crippen LogP contribution < -0.4 is 0 Å². The Bertz CT molecular complexity index is 718. The quantitative estimate of drug-likeness (QED) is 0.466. The molecule has 3 heteroatoms. The van der Waals surface area contributed by atoms with E-state index in [4.69, 9.17) is 4.74 Å². The van der Waals surface area contributed by atoms with E-state index in [0.29, 0.717) is 41.8 Å². The van der Waals surface area contributed by atoms with Crippen molar-refractivity contribution < 1.29 is 14.3 Å². The fourth-order valence-electron chi connectivity index (χ4n) is 7.51. The van der Waals surface area contributed by atoms with Crippen molar-refractivity contribution in [3.63, 3.8) is 0 Å². The van der Waals surface area contributed by atoms with E-state index in [1.165, 1.54) is 37.7 Å². The molecule has 1 saturated heterocycles. The van der Waals surface area contributed by atoms with E-state index in [1.807, 2.05) is 6.08 Å². The van der Waals surface area contributed by atoms with Crippen molar-refractivity contribution in [3.05, 3.63) is 11.6 Å². The highest BCUT2D eigenvalue weighted by Gasteiger charge is 2.61. The van der Waals surface area contributed by atoms with E-state index in [0.717, 1.165) is 31.6 Å². The van der Waals surface area contributed by atoms with Gasteiger partial charge in [-0.25, -0.2) is 0 Å². The van der Waals surface area contributed by atoms with Crippen molar-refractivity contribution in [1.82, 2.24) is 0 Å². The molecule has 0 aromatic heterocycles. The summed E-state index contributed by atoms with van der Waals surface area (Å²) in [5, 5.41) is 0. The average molecular weight is 415 g/mol. The molecule has 0 spiro atoms. The third-order valence-electron chi connectivity index (χ3n) is 9.80. The number of carbonyl (C=O) groups is 2. The van der Waals surface area contributed by atoms with Gasteiger partial charge >= 0.3 is 5.97 Å². The Labute approximate surface area is 183 Å². The first kappa shape index (κ1) is 22.1. The van der Waals surface area contributed by atoms with Crippen LogP contribution in [0.4, 0.5) is 0 Å². The number of allylic oxidation sites excluding steroid dienone is 2. The molecule has 6 atom stereocenters. The normalized spacial score (nSPS) is 41.0. The van der Waals surface area contributed by atoms with Crippen LogP contribution >= 0.6 is 0 Å². The van der Waals surface area contributed by atoms with Crippen LogP contribution in [0.2, 0.25) is 0 Å². The van der Waals surface area contributed by atoms with E-state index in [-0.39, 0.29) is 17.0 Å². The highest BCUT2D eigenvalue weighted by Crippen LogP contribution is 2.64. The molecule has 0 aromatic carbocycles. The van der Waals surface area contributed by atoms with Gasteiger partial charge in [0.2, 0.25) is 0 Å². The summed E-state index contributed by atoms with van der Waals surface area (Å²) in [6, 6.07) is 0. The van der Waals surface area contributed by atoms with Crippen molar-refractivity contribution in [3.8, 4) is 0 Å². The van der Waals surface area contributed by atoms with Gasteiger partial charge in [-0.05, 0) is 99.9 Å². The Balaban J connectivity index is 1.61. The first-order valence-electron chi connectivity index (χ1n) is 12.7. The Morgan fingerprint density at radius 1 is 1.03 bits per heavy atom. The SMILES string of the molecule is CCC1([C@@]2(C)CCC(=O)O2)CCC(C2CCC(=O)C=C2C(C)C(C)C)CC1C1CC1. The maximum Gasteiger partial charge on any atom is 0.306 e. The summed E-state index contributed by atoms with van der Waals surface area (Å²) in [5.41, 5.74) is 1.28. The van der Waals surface area contributed by atoms with Crippen LogP contribution in [-0.4, -0.2) is 17.4 Å². The second-order valence-corrected chi connectivity index (χ2v) is 11.5. The maximum absolute atomic E-state index is 12.3. The first-order chi connectivity index (χ1) is 14.2. The van der Waals surface area contributed by atoms with Gasteiger partial charge in [0.25, 0.3) is 0 Å². The van der Waals surface area contributed by atoms with E-state index in [9.17, 15) is 9.59 Å². The number of ketones is 1. The highest BCUT2D eigenvalue weighted by atomic mass is 16.6. The van der Waals surface area contributed by atoms with Gasteiger partial charge in [0.05, 0.1) is 0 Å². The molecule has 1 aliphatic heterocycles. The number of carbonyl (C=O) groups excluding carboxylic acids is 2. The van der Waals surface area contributed by atoms with Crippen molar-refractivity contribution in [2.75, 3.05) is 0 Å². The molecule has 2 saturated carbocycles. The summed E-state index contributed by atoms with van der Waals surface area (Å²) in [6.45, 7) is 11.5. The van der Waals surface area contributed by atoms with Crippen molar-refractivity contribution >= 4 is 11.8 Å². The first-order valence-corrected chi connectivity index (χ1v) is 12.7. The summed E-state index contributed by atoms with van der Waals surface area (Å²) >= 11 is 0. The van der Waals surface area contributed by atoms with Gasteiger partial charge in [-0.2, -0.15) is 0 Å². The van der Waals surface area contributed by atoms with E-state index >= 15 is 0 Å². The Kier molecular flexibility index (Phi) is 5.96. The van der Waals surface area contributed by atoms with Crippen LogP contribution in [-0.2, 0) is 14.3 Å². The third-order valence-corrected chi connectivity index (χ3v) is 9.80. The summed E-state index contributed by atoms with van der Waals surface area (Å²) in [7, 11) is 0. The summed E-state index contributed by atoms with van der Waals surface area (Å²) in [5.74, 6) is 4.09. The number of esters is 1. The predicted octanol–water partition coefficient (Wildman–Crippen LogP) is 6.50. The Morgan fingerprint density at radius 2 is 1.77 bits per heavy atom. The molecule has 4 rings (SSSR count). The summed E-state index contributed by atoms with van der Waals surface area (Å²) < 4.78 is 6.08. The zero-order valence-electron chi connectivity index (χ0n) is 19.8. The minimum Gasteiger partial charge on any atom is -0.459 e. The van der Waals surface area contributed by atoms with Gasteiger partial charge < -0.3 is 4.74 Å². The molecule has 168 valence electrons. The molecule has 1 heterocycles. The zero-order valence-corrected chi connectivity index (χ0v) is 19.8. The van der Waals surface area contributed by atoms with Crippen molar-refractivity contribution in [1.29, 1.82) is 0 Å². The Hall–Kier alpha value is -1.12. The molecule has 0 radical (unpaired) electrons. The van der Waals surface area contributed by atoms with Crippen molar-refractivity contribution in [2.45, 2.75) is 104 Å². The number of ether oxygens (including phenoxy) is 1. The predicted molar refractivity (Wildman–Crippen MR) is 120 cm³/mol. The van der Waals surface area contributed by atoms with E-state index in [1.54, 1.807) is 0 Å². The topological polar surface area (TPSA) is 43.4 Å². The van der Waals surface area contributed by atoms with E-state index in [2.05, 4.69) is 34.6 Å². The fraction of sp³-hybridized carbons (Fsp3) is 0.852. The monoisotopic (exact) mass is 414 g/mol. The molecule has 5 unspecified atom stereocenters. The number of hydrogen-bond donors (Lipinski definition) is 0. The van der Waals surface area contributed by atoms with Crippen LogP contribution in [0.3, 0.4) is 0 Å². The molecule has 4 aliphatic rings. The lowest BCUT2D eigenvalue weighted by Crippen LogP contribution is -2.54. The minimum absolute atomic E-state index is 0.00349. The lowest BCUT2D eigenvalue weighted by molar-refractivity contribution is -0.175. The second-order valence-electron chi connectivity index (χ2n) is 11.5. The highest BCUT2D eigenvalue weighted by molar-refractivity contribution is 5.91. The molecule has 3 aliphatic carbocycles. The lowest BCUT2D eigenvalue weighted by atomic mass is 9.51. The molecule has 0 bridgehead atoms. The fourth-order valence-corrected chi connectivity index (χ4v) is 7.51. The molecule has 0 aromatic rings. The molecule has 0 N–H and O–H groups in total. The van der Waals surface area contributed by atoms with Gasteiger partial charge in [-0.15, -0.1) is 0 Å². The zero-order chi connectivity index (χ0) is 21.7. The molecule has 30 heavy (non-hydrogen) atoms. The summed E-state index contributed by atoms with van der Waals surface area (Å²) in [6.07, 6.45) is 12.7. The third kappa shape index (κ3) is 3.69. The number of cyclic esters (lactones) is 1. The molecular weight excluding hydrogens is 372 g/mol. The molecule has 3 nitrogen and oxygen atoms in total. The van der Waals surface area contributed by atoms with Gasteiger partial charge in [0.15, 0.2) is 5.78 Å². The van der Waals surface area contributed by atoms with Crippen LogP contribution in [0.5, 0.6) is 0 Å². The maximum atomic E-state index is 12.3. The lowest BCUT2D eigenvalue weighted by Gasteiger charge is -2.56. The molecule has 0 amide bonds. The minimum atomic E-state index is -0.288. The summed E-state index contributed by atoms with van der Waals surface area (Å²) in [4.78, 5) is 24.4. The molecule has 3 fully saturated rings. The van der Waals surface area contributed by atoms with E-state index < -0.39 is 0 Å². The standard InChI is InChI=1S/C27H42O3/c1-6-27(26(5)13-12-25(29)30-26)14-11-20(15-24(27)19-7-8-19)22-10-9-21(28)16-23(22)18(4)17(2)3/h16-20,22,24H,6-15H2,1-5H3/t18?,20?,22?,24?,26-,27?/m1/s1. The largest absolute Gasteiger partial charge is 0.459 e. The number of rotatable bonds is 6. The smallest absolute Gasteiger partial charge is 0.306 e. The van der Waals surface area contributed by atoms with Crippen LogP contribution in [0, 0.1) is 40.9 Å². The second kappa shape index (κ2) is 8.10. The van der Waals surface area contributed by atoms with Crippen LogP contribution in [0.15, 0.2) is 11.6 Å². The Morgan fingerprint density at radius 3 is 2.33 bits per heavy atom. The van der Waals surface area contributed by atoms with Gasteiger partial charge in [0.1, 0.15) is 5.60 Å². The van der Waals surface area contributed by atoms with Crippen LogP contribution in [0.1, 0.15) is 98.8 Å². The number of hydrogen-bond acceptors (Lipinski definition) is 3. The molecular formula is C27H42O3. The van der Waals surface area contributed by atoms with Crippen molar-refractivity contribution in [2.24, 2.45) is 40.9 Å². The van der Waals surface area contributed by atoms with Gasteiger partial charge in [-0.1, -0.05) is 33.3 Å². The average Bonchev–Trinajstić information content (AvgIpc) is 3.50. The van der Waals surface area contributed by atoms with Gasteiger partial charge in [0, 0.05) is 18.3 Å². The van der Waals surface area contributed by atoms with Crippen LogP contribution in [0.25, 0.3) is 0 Å².